The van der Waals surface area contributed by atoms with Gasteiger partial charge in [-0.15, -0.1) is 0 Å². The summed E-state index contributed by atoms with van der Waals surface area (Å²) in [4.78, 5) is 14.5. The van der Waals surface area contributed by atoms with E-state index in [2.05, 4.69) is 4.98 Å². The summed E-state index contributed by atoms with van der Waals surface area (Å²) in [6.45, 7) is 1.85. The largest absolute Gasteiger partial charge is 0.360 e. The molecule has 1 aromatic carbocycles. The Morgan fingerprint density at radius 1 is 1.50 bits per heavy atom. The number of fused-ring (bicyclic) bond motifs is 1. The number of H-pyrrole nitrogens is 1. The van der Waals surface area contributed by atoms with Gasteiger partial charge in [-0.05, 0) is 18.2 Å². The Balaban J connectivity index is 2.60. The fraction of sp³-hybridized carbons (Fsp3) is 0.182. The van der Waals surface area contributed by atoms with Crippen LogP contribution in [-0.2, 0) is 0 Å². The van der Waals surface area contributed by atoms with Crippen LogP contribution >= 0.6 is 11.6 Å². The highest BCUT2D eigenvalue weighted by Gasteiger charge is 2.06. The second-order valence-electron chi connectivity index (χ2n) is 3.17. The van der Waals surface area contributed by atoms with Crippen molar-refractivity contribution in [3.05, 3.63) is 35.0 Å². The zero-order valence-electron chi connectivity index (χ0n) is 7.80. The summed E-state index contributed by atoms with van der Waals surface area (Å²) in [6, 6.07) is 5.53. The first kappa shape index (κ1) is 9.28. The number of nitrogens with one attached hydrogen (secondary N) is 1. The number of benzene rings is 1. The average molecular weight is 208 g/mol. The highest BCUT2D eigenvalue weighted by molar-refractivity contribution is 6.35. The minimum Gasteiger partial charge on any atom is -0.360 e. The van der Waals surface area contributed by atoms with Crippen LogP contribution in [0, 0.1) is 0 Å². The number of halogens is 1. The van der Waals surface area contributed by atoms with Crippen molar-refractivity contribution in [3.63, 3.8) is 0 Å². The fourth-order valence-corrected chi connectivity index (χ4v) is 1.68. The molecule has 3 heteroatoms. The smallest absolute Gasteiger partial charge is 0.162 e. The van der Waals surface area contributed by atoms with Gasteiger partial charge < -0.3 is 4.98 Å². The van der Waals surface area contributed by atoms with Crippen molar-refractivity contribution in [1.82, 2.24) is 4.98 Å². The van der Waals surface area contributed by atoms with Crippen LogP contribution in [0.4, 0.5) is 0 Å². The molecule has 2 rings (SSSR count). The summed E-state index contributed by atoms with van der Waals surface area (Å²) in [5.41, 5.74) is 1.68. The van der Waals surface area contributed by atoms with Crippen LogP contribution < -0.4 is 0 Å². The molecule has 1 heterocycles. The van der Waals surface area contributed by atoms with Gasteiger partial charge in [-0.25, -0.2) is 0 Å². The molecule has 0 amide bonds. The van der Waals surface area contributed by atoms with Gasteiger partial charge in [0, 0.05) is 29.1 Å². The van der Waals surface area contributed by atoms with Crippen molar-refractivity contribution in [1.29, 1.82) is 0 Å². The van der Waals surface area contributed by atoms with Gasteiger partial charge in [0.05, 0.1) is 5.02 Å². The zero-order chi connectivity index (χ0) is 10.1. The summed E-state index contributed by atoms with van der Waals surface area (Å²) in [5, 5.41) is 1.57. The van der Waals surface area contributed by atoms with Crippen LogP contribution in [0.15, 0.2) is 24.4 Å². The van der Waals surface area contributed by atoms with E-state index in [0.717, 1.165) is 16.5 Å². The minimum absolute atomic E-state index is 0.143. The summed E-state index contributed by atoms with van der Waals surface area (Å²) < 4.78 is 0. The lowest BCUT2D eigenvalue weighted by molar-refractivity contribution is 0.0988. The molecule has 2 nitrogen and oxygen atoms in total. The second-order valence-corrected chi connectivity index (χ2v) is 3.58. The standard InChI is InChI=1S/C11H10ClNO/c1-2-11(14)7-3-4-10-8(5-7)9(12)6-13-10/h3-6,13H,2H2,1H3. The van der Waals surface area contributed by atoms with Crippen LogP contribution in [0.3, 0.4) is 0 Å². The van der Waals surface area contributed by atoms with Crippen molar-refractivity contribution < 1.29 is 4.79 Å². The number of carbonyl (C=O) groups excluding carboxylic acids is 1. The molecule has 0 bridgehead atoms. The normalized spacial score (nSPS) is 10.7. The number of hydrogen-bond donors (Lipinski definition) is 1. The Morgan fingerprint density at radius 3 is 3.00 bits per heavy atom. The number of carbonyl (C=O) groups is 1. The number of aromatic nitrogens is 1. The molecule has 1 aromatic heterocycles. The van der Waals surface area contributed by atoms with Crippen molar-refractivity contribution >= 4 is 28.3 Å². The van der Waals surface area contributed by atoms with E-state index in [1.54, 1.807) is 6.20 Å². The lowest BCUT2D eigenvalue weighted by Gasteiger charge is -1.97. The molecule has 0 saturated heterocycles. The summed E-state index contributed by atoms with van der Waals surface area (Å²) in [6.07, 6.45) is 2.25. The van der Waals surface area contributed by atoms with Crippen LogP contribution in [-0.4, -0.2) is 10.8 Å². The number of Topliss-reactive ketones (excluding diaryl/α,β-unsaturated/α-hetero) is 1. The minimum atomic E-state index is 0.143. The molecule has 0 aliphatic carbocycles. The Labute approximate surface area is 86.9 Å². The number of hydrogen-bond acceptors (Lipinski definition) is 1. The maximum atomic E-state index is 11.4. The first-order chi connectivity index (χ1) is 6.72. The monoisotopic (exact) mass is 207 g/mol. The van der Waals surface area contributed by atoms with E-state index < -0.39 is 0 Å². The molecule has 0 spiro atoms. The van der Waals surface area contributed by atoms with E-state index >= 15 is 0 Å². The average Bonchev–Trinajstić information content (AvgIpc) is 2.59. The highest BCUT2D eigenvalue weighted by Crippen LogP contribution is 2.24. The van der Waals surface area contributed by atoms with Crippen LogP contribution in [0.5, 0.6) is 0 Å². The Bertz CT molecular complexity index is 487. The van der Waals surface area contributed by atoms with Crippen LogP contribution in [0.2, 0.25) is 5.02 Å². The Hall–Kier alpha value is -1.28. The molecule has 2 aromatic rings. The van der Waals surface area contributed by atoms with Crippen molar-refractivity contribution in [2.24, 2.45) is 0 Å². The van der Waals surface area contributed by atoms with E-state index in [4.69, 9.17) is 11.6 Å². The molecule has 0 saturated carbocycles. The SMILES string of the molecule is CCC(=O)c1ccc2[nH]cc(Cl)c2c1. The maximum Gasteiger partial charge on any atom is 0.162 e. The van der Waals surface area contributed by atoms with Gasteiger partial charge in [-0.2, -0.15) is 0 Å². The van der Waals surface area contributed by atoms with E-state index in [9.17, 15) is 4.79 Å². The lowest BCUT2D eigenvalue weighted by Crippen LogP contribution is -1.95. The highest BCUT2D eigenvalue weighted by atomic mass is 35.5. The summed E-state index contributed by atoms with van der Waals surface area (Å²) in [7, 11) is 0. The van der Waals surface area contributed by atoms with E-state index in [1.807, 2.05) is 25.1 Å². The molecular formula is C11H10ClNO. The molecule has 0 aliphatic rings. The predicted octanol–water partition coefficient (Wildman–Crippen LogP) is 3.41. The van der Waals surface area contributed by atoms with Crippen molar-refractivity contribution in [3.8, 4) is 0 Å². The molecule has 1 N–H and O–H groups in total. The van der Waals surface area contributed by atoms with Crippen LogP contribution in [0.25, 0.3) is 10.9 Å². The van der Waals surface area contributed by atoms with E-state index in [-0.39, 0.29) is 5.78 Å². The topological polar surface area (TPSA) is 32.9 Å². The summed E-state index contributed by atoms with van der Waals surface area (Å²) in [5.74, 6) is 0.143. The molecule has 0 radical (unpaired) electrons. The molecule has 72 valence electrons. The molecular weight excluding hydrogens is 198 g/mol. The third kappa shape index (κ3) is 1.42. The Morgan fingerprint density at radius 2 is 2.29 bits per heavy atom. The lowest BCUT2D eigenvalue weighted by atomic mass is 10.1. The van der Waals surface area contributed by atoms with Gasteiger partial charge in [0.1, 0.15) is 0 Å². The first-order valence-electron chi connectivity index (χ1n) is 4.52. The van der Waals surface area contributed by atoms with E-state index in [0.29, 0.717) is 11.4 Å². The molecule has 0 unspecified atom stereocenters. The quantitative estimate of drug-likeness (QED) is 0.753. The fourth-order valence-electron chi connectivity index (χ4n) is 1.46. The molecule has 0 aliphatic heterocycles. The molecule has 0 fully saturated rings. The zero-order valence-corrected chi connectivity index (χ0v) is 8.56. The molecule has 0 atom stereocenters. The van der Waals surface area contributed by atoms with Gasteiger partial charge in [-0.3, -0.25) is 4.79 Å². The van der Waals surface area contributed by atoms with Gasteiger partial charge in [-0.1, -0.05) is 18.5 Å². The second kappa shape index (κ2) is 3.46. The first-order valence-corrected chi connectivity index (χ1v) is 4.90. The Kier molecular flexibility index (Phi) is 2.30. The number of aromatic amines is 1. The summed E-state index contributed by atoms with van der Waals surface area (Å²) >= 11 is 5.95. The van der Waals surface area contributed by atoms with Gasteiger partial charge in [0.15, 0.2) is 5.78 Å². The third-order valence-electron chi connectivity index (χ3n) is 2.27. The number of rotatable bonds is 2. The van der Waals surface area contributed by atoms with Gasteiger partial charge in [0.25, 0.3) is 0 Å². The van der Waals surface area contributed by atoms with Crippen LogP contribution in [0.1, 0.15) is 23.7 Å². The van der Waals surface area contributed by atoms with Gasteiger partial charge >= 0.3 is 0 Å². The van der Waals surface area contributed by atoms with Gasteiger partial charge in [0.2, 0.25) is 0 Å². The van der Waals surface area contributed by atoms with Crippen molar-refractivity contribution in [2.45, 2.75) is 13.3 Å². The molecule has 14 heavy (non-hydrogen) atoms. The number of ketones is 1. The van der Waals surface area contributed by atoms with Crippen molar-refractivity contribution in [2.75, 3.05) is 0 Å². The third-order valence-corrected chi connectivity index (χ3v) is 2.59. The maximum absolute atomic E-state index is 11.4. The van der Waals surface area contributed by atoms with E-state index in [1.165, 1.54) is 0 Å². The predicted molar refractivity (Wildman–Crippen MR) is 57.9 cm³/mol.